The molecule has 1 heterocycles. The van der Waals surface area contributed by atoms with E-state index in [1.807, 2.05) is 0 Å². The van der Waals surface area contributed by atoms with Crippen LogP contribution in [0.3, 0.4) is 0 Å². The molecule has 2 nitrogen and oxygen atoms in total. The smallest absolute Gasteiger partial charge is 0.0547 e. The van der Waals surface area contributed by atoms with Crippen LogP contribution in [-0.4, -0.2) is 4.57 Å². The van der Waals surface area contributed by atoms with E-state index in [0.717, 1.165) is 29.9 Å². The molecule has 0 radical (unpaired) electrons. The third-order valence-electron chi connectivity index (χ3n) is 15.9. The van der Waals surface area contributed by atoms with Crippen molar-refractivity contribution in [3.63, 3.8) is 0 Å². The first-order valence-corrected chi connectivity index (χ1v) is 28.4. The Morgan fingerprint density at radius 1 is 0.338 bits per heavy atom. The van der Waals surface area contributed by atoms with Crippen LogP contribution in [0.2, 0.25) is 0 Å². The van der Waals surface area contributed by atoms with Crippen LogP contribution in [0.5, 0.6) is 0 Å². The number of unbranched alkanes of at least 4 members (excludes halogenated alkanes) is 6. The molecule has 0 spiro atoms. The Morgan fingerprint density at radius 2 is 0.857 bits per heavy atom. The Morgan fingerprint density at radius 3 is 1.49 bits per heavy atom. The quantitative estimate of drug-likeness (QED) is 0.0733. The second-order valence-corrected chi connectivity index (χ2v) is 21.4. The van der Waals surface area contributed by atoms with Crippen LogP contribution in [0, 0.1) is 20.8 Å². The van der Waals surface area contributed by atoms with E-state index in [4.69, 9.17) is 0 Å². The Labute approximate surface area is 458 Å². The fourth-order valence-electron chi connectivity index (χ4n) is 11.7. The molecule has 10 aromatic carbocycles. The molecule has 0 bridgehead atoms. The highest BCUT2D eigenvalue weighted by atomic mass is 15.1. The SMILES string of the molecule is CCCCCCc1cc(-c2ccc(N(c3ccc(-c4ccc(C)cc4)cc3)c3ccccc3-c3ccccc3)cc2C)c(CCCCCC)cc1-c1ccc2c3ccccc3n(-c3ccc(-c4ccc(C)cc4)cc3)c2c1. The molecule has 11 rings (SSSR count). The Bertz CT molecular complexity index is 3770. The van der Waals surface area contributed by atoms with Crippen LogP contribution < -0.4 is 4.90 Å². The number of benzene rings is 10. The number of rotatable bonds is 19. The molecular weight excluding hydrogens is 929 g/mol. The van der Waals surface area contributed by atoms with E-state index < -0.39 is 0 Å². The van der Waals surface area contributed by atoms with Crippen LogP contribution in [0.4, 0.5) is 17.1 Å². The molecule has 1 aromatic heterocycles. The van der Waals surface area contributed by atoms with Crippen LogP contribution >= 0.6 is 0 Å². The van der Waals surface area contributed by atoms with Crippen molar-refractivity contribution in [2.24, 2.45) is 0 Å². The molecule has 11 aromatic rings. The fourth-order valence-corrected chi connectivity index (χ4v) is 11.7. The van der Waals surface area contributed by atoms with Crippen LogP contribution in [0.1, 0.15) is 93.0 Å². The van der Waals surface area contributed by atoms with Gasteiger partial charge in [-0.05, 0) is 168 Å². The molecule has 0 unspecified atom stereocenters. The average molecular weight is 1000 g/mol. The van der Waals surface area contributed by atoms with Gasteiger partial charge in [-0.25, -0.2) is 0 Å². The maximum Gasteiger partial charge on any atom is 0.0547 e. The third-order valence-corrected chi connectivity index (χ3v) is 15.9. The summed E-state index contributed by atoms with van der Waals surface area (Å²) in [5.74, 6) is 0. The summed E-state index contributed by atoms with van der Waals surface area (Å²) < 4.78 is 2.49. The Kier molecular flexibility index (Phi) is 15.5. The van der Waals surface area contributed by atoms with Gasteiger partial charge in [-0.2, -0.15) is 0 Å². The summed E-state index contributed by atoms with van der Waals surface area (Å²) in [5.41, 5.74) is 26.4. The monoisotopic (exact) mass is 1000 g/mol. The number of para-hydroxylation sites is 2. The number of nitrogens with zero attached hydrogens (tertiary/aromatic N) is 2. The van der Waals surface area contributed by atoms with Gasteiger partial charge in [-0.1, -0.05) is 233 Å². The zero-order valence-corrected chi connectivity index (χ0v) is 45.8. The zero-order valence-electron chi connectivity index (χ0n) is 45.8. The number of aryl methyl sites for hydroxylation is 5. The van der Waals surface area contributed by atoms with E-state index in [-0.39, 0.29) is 0 Å². The largest absolute Gasteiger partial charge is 0.310 e. The number of fused-ring (bicyclic) bond motifs is 3. The molecule has 0 aliphatic rings. The highest BCUT2D eigenvalue weighted by Crippen LogP contribution is 2.45. The first kappa shape index (κ1) is 50.9. The number of hydrogen-bond acceptors (Lipinski definition) is 1. The van der Waals surface area contributed by atoms with E-state index in [2.05, 4.69) is 269 Å². The molecule has 0 aliphatic carbocycles. The predicted octanol–water partition coefficient (Wildman–Crippen LogP) is 21.8. The number of aromatic nitrogens is 1. The van der Waals surface area contributed by atoms with Gasteiger partial charge in [0.25, 0.3) is 0 Å². The summed E-state index contributed by atoms with van der Waals surface area (Å²) in [7, 11) is 0. The minimum absolute atomic E-state index is 1.04. The van der Waals surface area contributed by atoms with E-state index in [1.165, 1.54) is 162 Å². The van der Waals surface area contributed by atoms with E-state index in [0.29, 0.717) is 0 Å². The summed E-state index contributed by atoms with van der Waals surface area (Å²) in [6.07, 6.45) is 11.8. The van der Waals surface area contributed by atoms with Gasteiger partial charge >= 0.3 is 0 Å². The molecule has 0 saturated carbocycles. The van der Waals surface area contributed by atoms with Crippen molar-refractivity contribution in [3.05, 3.63) is 252 Å². The van der Waals surface area contributed by atoms with Gasteiger partial charge in [0.05, 0.1) is 16.7 Å². The van der Waals surface area contributed by atoms with Gasteiger partial charge in [0.1, 0.15) is 0 Å². The lowest BCUT2D eigenvalue weighted by molar-refractivity contribution is 0.664. The molecule has 2 heteroatoms. The Hall–Kier alpha value is -8.20. The van der Waals surface area contributed by atoms with Crippen molar-refractivity contribution in [1.29, 1.82) is 0 Å². The van der Waals surface area contributed by atoms with Crippen molar-refractivity contribution in [2.45, 2.75) is 98.8 Å². The molecule has 0 saturated heterocycles. The molecule has 0 fully saturated rings. The van der Waals surface area contributed by atoms with E-state index in [9.17, 15) is 0 Å². The lowest BCUT2D eigenvalue weighted by Crippen LogP contribution is -2.11. The van der Waals surface area contributed by atoms with Crippen LogP contribution in [0.15, 0.2) is 224 Å². The van der Waals surface area contributed by atoms with Crippen molar-refractivity contribution in [1.82, 2.24) is 4.57 Å². The van der Waals surface area contributed by atoms with Gasteiger partial charge in [-0.15, -0.1) is 0 Å². The van der Waals surface area contributed by atoms with Gasteiger partial charge in [0.15, 0.2) is 0 Å². The Balaban J connectivity index is 1.03. The van der Waals surface area contributed by atoms with Gasteiger partial charge in [-0.3, -0.25) is 0 Å². The summed E-state index contributed by atoms with van der Waals surface area (Å²) in [4.78, 5) is 2.46. The zero-order chi connectivity index (χ0) is 52.7. The molecule has 382 valence electrons. The van der Waals surface area contributed by atoms with Crippen molar-refractivity contribution < 1.29 is 0 Å². The molecule has 77 heavy (non-hydrogen) atoms. The standard InChI is InChI=1S/C75H72N2/c1-6-8-10-13-23-61-51-72(67-48-46-66(49-55(67)5)76(73-27-19-17-25-68(73)60-21-15-12-16-22-60)64-42-37-58(38-43-64)56-33-29-53(3)30-34-56)62(24-14-11-9-7-2)50-71(61)63-41-47-70-69-26-18-20-28-74(69)77(75(70)52-63)65-44-39-59(40-45-65)57-35-31-54(4)32-36-57/h12,15-22,25-52H,6-11,13-14,23-24H2,1-5H3. The van der Waals surface area contributed by atoms with E-state index in [1.54, 1.807) is 0 Å². The first-order valence-electron chi connectivity index (χ1n) is 28.4. The summed E-state index contributed by atoms with van der Waals surface area (Å²) in [6.45, 7) is 11.3. The third kappa shape index (κ3) is 10.9. The number of anilines is 3. The molecular formula is C75H72N2. The van der Waals surface area contributed by atoms with E-state index >= 15 is 0 Å². The maximum atomic E-state index is 2.61. The number of hydrogen-bond donors (Lipinski definition) is 0. The highest BCUT2D eigenvalue weighted by Gasteiger charge is 2.22. The lowest BCUT2D eigenvalue weighted by Gasteiger charge is -2.29. The minimum atomic E-state index is 1.04. The van der Waals surface area contributed by atoms with Crippen molar-refractivity contribution >= 4 is 38.9 Å². The van der Waals surface area contributed by atoms with Crippen molar-refractivity contribution in [2.75, 3.05) is 4.90 Å². The van der Waals surface area contributed by atoms with Crippen molar-refractivity contribution in [3.8, 4) is 61.3 Å². The summed E-state index contributed by atoms with van der Waals surface area (Å²) >= 11 is 0. The van der Waals surface area contributed by atoms with Gasteiger partial charge in [0, 0.05) is 33.4 Å². The minimum Gasteiger partial charge on any atom is -0.310 e. The second kappa shape index (κ2) is 23.4. The highest BCUT2D eigenvalue weighted by molar-refractivity contribution is 6.10. The molecule has 0 amide bonds. The lowest BCUT2D eigenvalue weighted by atomic mass is 9.85. The normalized spacial score (nSPS) is 11.4. The second-order valence-electron chi connectivity index (χ2n) is 21.4. The average Bonchev–Trinajstić information content (AvgIpc) is 3.88. The van der Waals surface area contributed by atoms with Crippen LogP contribution in [0.25, 0.3) is 83.1 Å². The predicted molar refractivity (Wildman–Crippen MR) is 333 cm³/mol. The molecule has 0 atom stereocenters. The fraction of sp³-hybridized carbons (Fsp3) is 0.200. The van der Waals surface area contributed by atoms with Gasteiger partial charge < -0.3 is 9.47 Å². The molecule has 0 N–H and O–H groups in total. The van der Waals surface area contributed by atoms with Crippen LogP contribution in [-0.2, 0) is 12.8 Å². The molecule has 0 aliphatic heterocycles. The first-order chi connectivity index (χ1) is 37.8. The topological polar surface area (TPSA) is 8.17 Å². The van der Waals surface area contributed by atoms with Gasteiger partial charge in [0.2, 0.25) is 0 Å². The summed E-state index contributed by atoms with van der Waals surface area (Å²) in [5, 5.41) is 2.56. The summed E-state index contributed by atoms with van der Waals surface area (Å²) in [6, 6.07) is 84.3. The maximum absolute atomic E-state index is 2.61.